The summed E-state index contributed by atoms with van der Waals surface area (Å²) < 4.78 is 5.61. The highest BCUT2D eigenvalue weighted by atomic mass is 16.4. The van der Waals surface area contributed by atoms with Crippen molar-refractivity contribution in [2.24, 2.45) is 0 Å². The molecule has 1 fully saturated rings. The first-order chi connectivity index (χ1) is 8.72. The maximum atomic E-state index is 9.46. The van der Waals surface area contributed by atoms with Gasteiger partial charge in [-0.25, -0.2) is 0 Å². The monoisotopic (exact) mass is 247 g/mol. The molecule has 4 N–H and O–H groups in total. The van der Waals surface area contributed by atoms with Gasteiger partial charge in [0.25, 0.3) is 6.01 Å². The van der Waals surface area contributed by atoms with Crippen molar-refractivity contribution < 1.29 is 9.52 Å². The van der Waals surface area contributed by atoms with Crippen molar-refractivity contribution in [2.45, 2.75) is 37.8 Å². The van der Waals surface area contributed by atoms with Crippen LogP contribution in [-0.2, 0) is 0 Å². The molecular weight excluding hydrogens is 230 g/mol. The number of nitrogens with two attached hydrogens (primary N) is 1. The third-order valence-electron chi connectivity index (χ3n) is 3.47. The van der Waals surface area contributed by atoms with E-state index in [1.54, 1.807) is 0 Å². The molecule has 3 rings (SSSR count). The van der Waals surface area contributed by atoms with Crippen molar-refractivity contribution >= 4 is 22.8 Å². The molecule has 0 radical (unpaired) electrons. The van der Waals surface area contributed by atoms with Crippen LogP contribution in [-0.4, -0.2) is 22.2 Å². The van der Waals surface area contributed by atoms with Crippen LogP contribution in [0.15, 0.2) is 22.6 Å². The molecule has 18 heavy (non-hydrogen) atoms. The Morgan fingerprint density at radius 1 is 1.28 bits per heavy atom. The third kappa shape index (κ3) is 2.13. The number of hydrogen-bond acceptors (Lipinski definition) is 5. The summed E-state index contributed by atoms with van der Waals surface area (Å²) in [6.07, 6.45) is 3.40. The van der Waals surface area contributed by atoms with Gasteiger partial charge in [-0.15, -0.1) is 0 Å². The second-order valence-electron chi connectivity index (χ2n) is 4.86. The van der Waals surface area contributed by atoms with Crippen LogP contribution in [0.25, 0.3) is 11.1 Å². The SMILES string of the molecule is Nc1cccc2oc(NC3CCC(O)CC3)nc12. The molecule has 5 heteroatoms. The minimum Gasteiger partial charge on any atom is -0.423 e. The average Bonchev–Trinajstić information content (AvgIpc) is 2.76. The van der Waals surface area contributed by atoms with Crippen LogP contribution in [0, 0.1) is 0 Å². The van der Waals surface area contributed by atoms with Gasteiger partial charge in [0.05, 0.1) is 11.8 Å². The fourth-order valence-corrected chi connectivity index (χ4v) is 2.43. The Labute approximate surface area is 105 Å². The lowest BCUT2D eigenvalue weighted by atomic mass is 9.93. The van der Waals surface area contributed by atoms with Crippen LogP contribution in [0.2, 0.25) is 0 Å². The summed E-state index contributed by atoms with van der Waals surface area (Å²) in [4.78, 5) is 4.36. The standard InChI is InChI=1S/C13H17N3O2/c14-10-2-1-3-11-12(10)16-13(18-11)15-8-4-6-9(17)7-5-8/h1-3,8-9,17H,4-7,14H2,(H,15,16). The topological polar surface area (TPSA) is 84.3 Å². The molecular formula is C13H17N3O2. The molecule has 0 atom stereocenters. The zero-order valence-corrected chi connectivity index (χ0v) is 10.1. The lowest BCUT2D eigenvalue weighted by Gasteiger charge is -2.25. The van der Waals surface area contributed by atoms with Gasteiger partial charge in [-0.2, -0.15) is 4.98 Å². The fourth-order valence-electron chi connectivity index (χ4n) is 2.43. The van der Waals surface area contributed by atoms with E-state index in [9.17, 15) is 5.11 Å². The van der Waals surface area contributed by atoms with E-state index >= 15 is 0 Å². The van der Waals surface area contributed by atoms with E-state index in [1.165, 1.54) is 0 Å². The zero-order chi connectivity index (χ0) is 12.5. The van der Waals surface area contributed by atoms with Gasteiger partial charge >= 0.3 is 0 Å². The number of benzene rings is 1. The highest BCUT2D eigenvalue weighted by molar-refractivity contribution is 5.86. The first kappa shape index (κ1) is 11.3. The summed E-state index contributed by atoms with van der Waals surface area (Å²) in [6, 6.07) is 6.36. The van der Waals surface area contributed by atoms with Crippen molar-refractivity contribution in [3.8, 4) is 0 Å². The van der Waals surface area contributed by atoms with E-state index in [0.29, 0.717) is 28.8 Å². The average molecular weight is 247 g/mol. The molecule has 5 nitrogen and oxygen atoms in total. The van der Waals surface area contributed by atoms with E-state index < -0.39 is 0 Å². The molecule has 0 bridgehead atoms. The molecule has 0 saturated heterocycles. The summed E-state index contributed by atoms with van der Waals surface area (Å²) in [5, 5.41) is 12.7. The molecule has 2 aromatic rings. The van der Waals surface area contributed by atoms with Gasteiger partial charge in [0, 0.05) is 6.04 Å². The minimum absolute atomic E-state index is 0.151. The molecule has 0 amide bonds. The number of hydrogen-bond donors (Lipinski definition) is 3. The number of aliphatic hydroxyl groups is 1. The van der Waals surface area contributed by atoms with Crippen LogP contribution >= 0.6 is 0 Å². The summed E-state index contributed by atoms with van der Waals surface area (Å²) >= 11 is 0. The molecule has 0 unspecified atom stereocenters. The predicted molar refractivity (Wildman–Crippen MR) is 70.3 cm³/mol. The zero-order valence-electron chi connectivity index (χ0n) is 10.1. The predicted octanol–water partition coefficient (Wildman–Crippen LogP) is 2.13. The Morgan fingerprint density at radius 3 is 2.78 bits per heavy atom. The lowest BCUT2D eigenvalue weighted by Crippen LogP contribution is -2.28. The Hall–Kier alpha value is -1.75. The van der Waals surface area contributed by atoms with Gasteiger partial charge in [0.1, 0.15) is 5.52 Å². The van der Waals surface area contributed by atoms with E-state index in [2.05, 4.69) is 10.3 Å². The van der Waals surface area contributed by atoms with Crippen LogP contribution in [0.3, 0.4) is 0 Å². The molecule has 1 saturated carbocycles. The van der Waals surface area contributed by atoms with Crippen LogP contribution < -0.4 is 11.1 Å². The smallest absolute Gasteiger partial charge is 0.295 e. The Kier molecular flexibility index (Phi) is 2.83. The maximum Gasteiger partial charge on any atom is 0.295 e. The normalized spacial score (nSPS) is 24.3. The number of oxazole rings is 1. The minimum atomic E-state index is -0.151. The number of nitrogens with zero attached hydrogens (tertiary/aromatic N) is 1. The van der Waals surface area contributed by atoms with E-state index in [1.807, 2.05) is 18.2 Å². The van der Waals surface area contributed by atoms with Gasteiger partial charge < -0.3 is 20.6 Å². The molecule has 1 heterocycles. The largest absolute Gasteiger partial charge is 0.423 e. The van der Waals surface area contributed by atoms with Crippen molar-refractivity contribution in [3.05, 3.63) is 18.2 Å². The van der Waals surface area contributed by atoms with Crippen LogP contribution in [0.4, 0.5) is 11.7 Å². The molecule has 1 aliphatic carbocycles. The van der Waals surface area contributed by atoms with E-state index in [0.717, 1.165) is 25.7 Å². The maximum absolute atomic E-state index is 9.46. The van der Waals surface area contributed by atoms with Gasteiger partial charge in [-0.1, -0.05) is 6.07 Å². The van der Waals surface area contributed by atoms with Crippen molar-refractivity contribution in [1.82, 2.24) is 4.98 Å². The number of nitrogen functional groups attached to an aromatic ring is 1. The number of fused-ring (bicyclic) bond motifs is 1. The number of para-hydroxylation sites is 1. The second-order valence-corrected chi connectivity index (χ2v) is 4.86. The lowest BCUT2D eigenvalue weighted by molar-refractivity contribution is 0.125. The first-order valence-corrected chi connectivity index (χ1v) is 6.32. The van der Waals surface area contributed by atoms with Crippen LogP contribution in [0.1, 0.15) is 25.7 Å². The van der Waals surface area contributed by atoms with Crippen LogP contribution in [0.5, 0.6) is 0 Å². The Morgan fingerprint density at radius 2 is 2.06 bits per heavy atom. The van der Waals surface area contributed by atoms with E-state index in [4.69, 9.17) is 10.2 Å². The van der Waals surface area contributed by atoms with Gasteiger partial charge in [-0.05, 0) is 37.8 Å². The van der Waals surface area contributed by atoms with Gasteiger partial charge in [-0.3, -0.25) is 0 Å². The Bertz CT molecular complexity index is 544. The van der Waals surface area contributed by atoms with Gasteiger partial charge in [0.2, 0.25) is 0 Å². The summed E-state index contributed by atoms with van der Waals surface area (Å²) in [5.74, 6) is 0. The Balaban J connectivity index is 1.77. The molecule has 0 aliphatic heterocycles. The van der Waals surface area contributed by atoms with Gasteiger partial charge in [0.15, 0.2) is 5.58 Å². The quantitative estimate of drug-likeness (QED) is 0.708. The number of aromatic nitrogens is 1. The van der Waals surface area contributed by atoms with Crippen molar-refractivity contribution in [2.75, 3.05) is 11.1 Å². The number of rotatable bonds is 2. The van der Waals surface area contributed by atoms with Crippen molar-refractivity contribution in [1.29, 1.82) is 0 Å². The fraction of sp³-hybridized carbons (Fsp3) is 0.462. The summed E-state index contributed by atoms with van der Waals surface area (Å²) in [7, 11) is 0. The molecule has 1 aromatic carbocycles. The molecule has 1 aromatic heterocycles. The highest BCUT2D eigenvalue weighted by Crippen LogP contribution is 2.26. The molecule has 1 aliphatic rings. The number of nitrogens with one attached hydrogen (secondary N) is 1. The summed E-state index contributed by atoms with van der Waals surface area (Å²) in [6.45, 7) is 0. The number of anilines is 2. The van der Waals surface area contributed by atoms with Crippen molar-refractivity contribution in [3.63, 3.8) is 0 Å². The summed E-state index contributed by atoms with van der Waals surface area (Å²) in [5.41, 5.74) is 7.87. The highest BCUT2D eigenvalue weighted by Gasteiger charge is 2.20. The molecule has 96 valence electrons. The van der Waals surface area contributed by atoms with E-state index in [-0.39, 0.29) is 6.10 Å². The first-order valence-electron chi connectivity index (χ1n) is 6.32. The number of aliphatic hydroxyl groups excluding tert-OH is 1. The third-order valence-corrected chi connectivity index (χ3v) is 3.47. The molecule has 0 spiro atoms. The second kappa shape index (κ2) is 4.49.